The number of hydrogen-bond donors (Lipinski definition) is 0. The van der Waals surface area contributed by atoms with Gasteiger partial charge in [-0.2, -0.15) is 0 Å². The minimum atomic E-state index is -0.0580. The van der Waals surface area contributed by atoms with Gasteiger partial charge in [0, 0.05) is 5.56 Å². The molecule has 4 heteroatoms. The highest BCUT2D eigenvalue weighted by molar-refractivity contribution is 6.06. The first-order valence-electron chi connectivity index (χ1n) is 8.85. The molecule has 0 radical (unpaired) electrons. The van der Waals surface area contributed by atoms with Gasteiger partial charge in [0.25, 0.3) is 0 Å². The summed E-state index contributed by atoms with van der Waals surface area (Å²) in [5, 5.41) is 0. The topological polar surface area (TPSA) is 44.8 Å². The molecule has 4 nitrogen and oxygen atoms in total. The van der Waals surface area contributed by atoms with Crippen molar-refractivity contribution < 1.29 is 19.0 Å². The number of rotatable bonds is 10. The van der Waals surface area contributed by atoms with Crippen molar-refractivity contribution in [2.75, 3.05) is 20.8 Å². The van der Waals surface area contributed by atoms with E-state index in [-0.39, 0.29) is 5.78 Å². The summed E-state index contributed by atoms with van der Waals surface area (Å²) < 4.78 is 16.1. The van der Waals surface area contributed by atoms with Crippen LogP contribution in [0.3, 0.4) is 0 Å². The average Bonchev–Trinajstić information content (AvgIpc) is 2.69. The maximum atomic E-state index is 12.3. The molecule has 2 aromatic carbocycles. The Hall–Kier alpha value is -2.75. The smallest absolute Gasteiger partial charge is 0.185 e. The lowest BCUT2D eigenvalue weighted by atomic mass is 10.1. The summed E-state index contributed by atoms with van der Waals surface area (Å²) in [6.07, 6.45) is 6.70. The number of carbonyl (C=O) groups excluding carboxylic acids is 1. The molecule has 0 spiro atoms. The molecule has 0 fully saturated rings. The molecule has 0 saturated carbocycles. The number of hydrogen-bond acceptors (Lipinski definition) is 4. The Morgan fingerprint density at radius 2 is 1.69 bits per heavy atom. The number of methoxy groups -OCH3 is 2. The number of allylic oxidation sites excluding steroid dienone is 1. The highest BCUT2D eigenvalue weighted by Crippen LogP contribution is 2.28. The SMILES string of the molecule is CCCCCOc1ccc(C(=O)C=Cc2ccc(OC)c(OC)c2)cc1. The standard InChI is InChI=1S/C22H26O4/c1-4-5-6-15-26-19-11-9-18(10-12-19)20(23)13-7-17-8-14-21(24-2)22(16-17)25-3/h7-14,16H,4-6,15H2,1-3H3. The van der Waals surface area contributed by atoms with E-state index in [4.69, 9.17) is 14.2 Å². The molecule has 0 N–H and O–H groups in total. The summed E-state index contributed by atoms with van der Waals surface area (Å²) in [6.45, 7) is 2.87. The number of benzene rings is 2. The number of unbranched alkanes of at least 4 members (excludes halogenated alkanes) is 2. The van der Waals surface area contributed by atoms with Gasteiger partial charge in [-0.3, -0.25) is 4.79 Å². The van der Waals surface area contributed by atoms with Gasteiger partial charge in [-0.1, -0.05) is 31.9 Å². The van der Waals surface area contributed by atoms with E-state index in [2.05, 4.69) is 6.92 Å². The fourth-order valence-corrected chi connectivity index (χ4v) is 2.48. The molecule has 2 aromatic rings. The normalized spacial score (nSPS) is 10.7. The molecule has 138 valence electrons. The number of ether oxygens (including phenoxy) is 3. The van der Waals surface area contributed by atoms with Crippen LogP contribution in [0.4, 0.5) is 0 Å². The first-order valence-corrected chi connectivity index (χ1v) is 8.85. The number of carbonyl (C=O) groups is 1. The molecule has 26 heavy (non-hydrogen) atoms. The Kier molecular flexibility index (Phi) is 7.75. The molecule has 0 atom stereocenters. The van der Waals surface area contributed by atoms with Gasteiger partial charge in [0.2, 0.25) is 0 Å². The first kappa shape index (κ1) is 19.6. The summed E-state index contributed by atoms with van der Waals surface area (Å²) in [5.74, 6) is 2.02. The van der Waals surface area contributed by atoms with E-state index in [1.807, 2.05) is 30.3 Å². The molecule has 0 aromatic heterocycles. The largest absolute Gasteiger partial charge is 0.494 e. The summed E-state index contributed by atoms with van der Waals surface area (Å²) >= 11 is 0. The zero-order valence-electron chi connectivity index (χ0n) is 15.7. The van der Waals surface area contributed by atoms with E-state index in [0.29, 0.717) is 23.7 Å². The van der Waals surface area contributed by atoms with Crippen LogP contribution in [0.15, 0.2) is 48.5 Å². The minimum Gasteiger partial charge on any atom is -0.494 e. The predicted octanol–water partition coefficient (Wildman–Crippen LogP) is 5.17. The Balaban J connectivity index is 1.97. The Morgan fingerprint density at radius 1 is 0.962 bits per heavy atom. The first-order chi connectivity index (χ1) is 12.7. The Labute approximate surface area is 155 Å². The molecular weight excluding hydrogens is 328 g/mol. The van der Waals surface area contributed by atoms with Gasteiger partial charge in [-0.15, -0.1) is 0 Å². The van der Waals surface area contributed by atoms with Gasteiger partial charge in [0.15, 0.2) is 17.3 Å². The summed E-state index contributed by atoms with van der Waals surface area (Å²) in [6, 6.07) is 12.8. The van der Waals surface area contributed by atoms with Crippen LogP contribution in [-0.2, 0) is 0 Å². The van der Waals surface area contributed by atoms with Crippen molar-refractivity contribution in [3.8, 4) is 17.2 Å². The van der Waals surface area contributed by atoms with E-state index >= 15 is 0 Å². The molecule has 0 aliphatic rings. The second-order valence-corrected chi connectivity index (χ2v) is 5.89. The van der Waals surface area contributed by atoms with E-state index in [0.717, 1.165) is 24.2 Å². The average molecular weight is 354 g/mol. The minimum absolute atomic E-state index is 0.0580. The lowest BCUT2D eigenvalue weighted by Gasteiger charge is -2.07. The lowest BCUT2D eigenvalue weighted by Crippen LogP contribution is -1.98. The molecule has 0 aliphatic heterocycles. The van der Waals surface area contributed by atoms with Crippen LogP contribution in [-0.4, -0.2) is 26.6 Å². The highest BCUT2D eigenvalue weighted by atomic mass is 16.5. The van der Waals surface area contributed by atoms with E-state index < -0.39 is 0 Å². The van der Waals surface area contributed by atoms with Gasteiger partial charge in [0.1, 0.15) is 5.75 Å². The van der Waals surface area contributed by atoms with E-state index in [9.17, 15) is 4.79 Å². The van der Waals surface area contributed by atoms with Crippen molar-refractivity contribution in [2.24, 2.45) is 0 Å². The van der Waals surface area contributed by atoms with Crippen molar-refractivity contribution >= 4 is 11.9 Å². The molecular formula is C22H26O4. The third-order valence-corrected chi connectivity index (χ3v) is 3.99. The molecule has 0 unspecified atom stereocenters. The van der Waals surface area contributed by atoms with Gasteiger partial charge in [0.05, 0.1) is 20.8 Å². The summed E-state index contributed by atoms with van der Waals surface area (Å²) in [5.41, 5.74) is 1.49. The van der Waals surface area contributed by atoms with Crippen LogP contribution in [0.25, 0.3) is 6.08 Å². The zero-order chi connectivity index (χ0) is 18.8. The molecule has 0 heterocycles. The van der Waals surface area contributed by atoms with Gasteiger partial charge >= 0.3 is 0 Å². The number of ketones is 1. The Morgan fingerprint density at radius 3 is 2.35 bits per heavy atom. The summed E-state index contributed by atoms with van der Waals surface area (Å²) in [7, 11) is 3.18. The maximum absolute atomic E-state index is 12.3. The summed E-state index contributed by atoms with van der Waals surface area (Å²) in [4.78, 5) is 12.3. The highest BCUT2D eigenvalue weighted by Gasteiger charge is 2.05. The van der Waals surface area contributed by atoms with Crippen molar-refractivity contribution in [3.63, 3.8) is 0 Å². The van der Waals surface area contributed by atoms with Crippen LogP contribution in [0.2, 0.25) is 0 Å². The van der Waals surface area contributed by atoms with Gasteiger partial charge in [-0.05, 0) is 54.5 Å². The molecule has 0 bridgehead atoms. The fourth-order valence-electron chi connectivity index (χ4n) is 2.48. The third-order valence-electron chi connectivity index (χ3n) is 3.99. The second kappa shape index (κ2) is 10.3. The van der Waals surface area contributed by atoms with Crippen LogP contribution in [0.5, 0.6) is 17.2 Å². The van der Waals surface area contributed by atoms with E-state index in [1.165, 1.54) is 6.42 Å². The van der Waals surface area contributed by atoms with Crippen molar-refractivity contribution in [1.82, 2.24) is 0 Å². The third kappa shape index (κ3) is 5.66. The molecule has 0 amide bonds. The van der Waals surface area contributed by atoms with Crippen molar-refractivity contribution in [1.29, 1.82) is 0 Å². The Bertz CT molecular complexity index is 732. The molecule has 0 saturated heterocycles. The van der Waals surface area contributed by atoms with Crippen LogP contribution < -0.4 is 14.2 Å². The lowest BCUT2D eigenvalue weighted by molar-refractivity contribution is 0.104. The van der Waals surface area contributed by atoms with Gasteiger partial charge in [-0.25, -0.2) is 0 Å². The van der Waals surface area contributed by atoms with Crippen LogP contribution >= 0.6 is 0 Å². The van der Waals surface area contributed by atoms with Crippen molar-refractivity contribution in [2.45, 2.75) is 26.2 Å². The van der Waals surface area contributed by atoms with E-state index in [1.54, 1.807) is 38.5 Å². The second-order valence-electron chi connectivity index (χ2n) is 5.89. The fraction of sp³-hybridized carbons (Fsp3) is 0.318. The predicted molar refractivity (Wildman–Crippen MR) is 104 cm³/mol. The maximum Gasteiger partial charge on any atom is 0.185 e. The molecule has 2 rings (SSSR count). The van der Waals surface area contributed by atoms with Crippen molar-refractivity contribution in [3.05, 3.63) is 59.7 Å². The monoisotopic (exact) mass is 354 g/mol. The molecule has 0 aliphatic carbocycles. The quantitative estimate of drug-likeness (QED) is 0.335. The van der Waals surface area contributed by atoms with Gasteiger partial charge < -0.3 is 14.2 Å². The zero-order valence-corrected chi connectivity index (χ0v) is 15.7. The van der Waals surface area contributed by atoms with Crippen LogP contribution in [0, 0.1) is 0 Å². The van der Waals surface area contributed by atoms with Crippen LogP contribution in [0.1, 0.15) is 42.1 Å².